The summed E-state index contributed by atoms with van der Waals surface area (Å²) in [7, 11) is 4.44. The van der Waals surface area contributed by atoms with E-state index in [1.54, 1.807) is 13.1 Å². The van der Waals surface area contributed by atoms with Crippen molar-refractivity contribution in [1.82, 2.24) is 9.78 Å². The first kappa shape index (κ1) is 14.1. The van der Waals surface area contributed by atoms with Crippen molar-refractivity contribution < 1.29 is 18.3 Å². The first-order valence-corrected chi connectivity index (χ1v) is 5.82. The standard InChI is InChI=1S/C13H15F2N3O2/c1-18-12(16)6-9(17-18)7-4-11(20-3)8(13(14)15)5-10(7)19-2/h4-6,13H,16H2,1-3H3. The first-order valence-electron chi connectivity index (χ1n) is 5.82. The molecule has 0 saturated carbocycles. The largest absolute Gasteiger partial charge is 0.496 e. The van der Waals surface area contributed by atoms with Gasteiger partial charge in [-0.05, 0) is 12.1 Å². The number of halogens is 2. The van der Waals surface area contributed by atoms with Crippen LogP contribution in [0.4, 0.5) is 14.6 Å². The van der Waals surface area contributed by atoms with Gasteiger partial charge in [0.1, 0.15) is 17.3 Å². The molecule has 0 bridgehead atoms. The maximum absolute atomic E-state index is 13.0. The van der Waals surface area contributed by atoms with Gasteiger partial charge in [0.05, 0.1) is 25.5 Å². The highest BCUT2D eigenvalue weighted by atomic mass is 19.3. The number of ether oxygens (including phenoxy) is 2. The molecule has 7 heteroatoms. The molecule has 108 valence electrons. The summed E-state index contributed by atoms with van der Waals surface area (Å²) in [4.78, 5) is 0. The predicted octanol–water partition coefficient (Wildman–Crippen LogP) is 2.62. The van der Waals surface area contributed by atoms with E-state index >= 15 is 0 Å². The zero-order valence-electron chi connectivity index (χ0n) is 11.4. The van der Waals surface area contributed by atoms with Gasteiger partial charge in [0.2, 0.25) is 0 Å². The monoisotopic (exact) mass is 283 g/mol. The van der Waals surface area contributed by atoms with E-state index in [1.165, 1.54) is 31.0 Å². The number of nitrogens with zero attached hydrogens (tertiary/aromatic N) is 2. The van der Waals surface area contributed by atoms with Crippen molar-refractivity contribution in [2.24, 2.45) is 7.05 Å². The van der Waals surface area contributed by atoms with Gasteiger partial charge in [-0.1, -0.05) is 0 Å². The van der Waals surface area contributed by atoms with Crippen molar-refractivity contribution in [1.29, 1.82) is 0 Å². The normalized spacial score (nSPS) is 10.9. The molecular weight excluding hydrogens is 268 g/mol. The summed E-state index contributed by atoms with van der Waals surface area (Å²) in [5.41, 5.74) is 6.57. The summed E-state index contributed by atoms with van der Waals surface area (Å²) >= 11 is 0. The van der Waals surface area contributed by atoms with E-state index in [0.717, 1.165) is 0 Å². The van der Waals surface area contributed by atoms with E-state index in [4.69, 9.17) is 15.2 Å². The van der Waals surface area contributed by atoms with Crippen molar-refractivity contribution in [3.8, 4) is 22.8 Å². The Labute approximate surface area is 114 Å². The number of aryl methyl sites for hydroxylation is 1. The molecule has 1 aromatic carbocycles. The Bertz CT molecular complexity index is 607. The third kappa shape index (κ3) is 2.38. The SMILES string of the molecule is COc1cc(C(F)F)c(OC)cc1-c1cc(N)n(C)n1. The quantitative estimate of drug-likeness (QED) is 0.937. The van der Waals surface area contributed by atoms with E-state index in [0.29, 0.717) is 22.8 Å². The average molecular weight is 283 g/mol. The van der Waals surface area contributed by atoms with Gasteiger partial charge in [-0.3, -0.25) is 4.68 Å². The fourth-order valence-electron chi connectivity index (χ4n) is 1.91. The molecular formula is C13H15F2N3O2. The van der Waals surface area contributed by atoms with E-state index in [2.05, 4.69) is 5.10 Å². The molecule has 0 unspecified atom stereocenters. The molecule has 2 aromatic rings. The molecule has 0 saturated heterocycles. The van der Waals surface area contributed by atoms with E-state index in [-0.39, 0.29) is 11.3 Å². The van der Waals surface area contributed by atoms with Crippen LogP contribution in [0.25, 0.3) is 11.3 Å². The van der Waals surface area contributed by atoms with Crippen LogP contribution in [0.15, 0.2) is 18.2 Å². The topological polar surface area (TPSA) is 62.3 Å². The van der Waals surface area contributed by atoms with Gasteiger partial charge >= 0.3 is 0 Å². The smallest absolute Gasteiger partial charge is 0.267 e. The number of hydrogen-bond acceptors (Lipinski definition) is 4. The van der Waals surface area contributed by atoms with E-state index in [9.17, 15) is 8.78 Å². The summed E-state index contributed by atoms with van der Waals surface area (Å²) in [5.74, 6) is 0.832. The first-order chi connectivity index (χ1) is 9.47. The van der Waals surface area contributed by atoms with Crippen LogP contribution in [0.5, 0.6) is 11.5 Å². The van der Waals surface area contributed by atoms with Crippen molar-refractivity contribution in [2.45, 2.75) is 6.43 Å². The second-order valence-electron chi connectivity index (χ2n) is 4.17. The number of nitrogen functional groups attached to an aromatic ring is 1. The Morgan fingerprint density at radius 3 is 2.25 bits per heavy atom. The van der Waals surface area contributed by atoms with Crippen molar-refractivity contribution in [3.63, 3.8) is 0 Å². The molecule has 0 aliphatic rings. The minimum Gasteiger partial charge on any atom is -0.496 e. The average Bonchev–Trinajstić information content (AvgIpc) is 2.76. The number of benzene rings is 1. The molecule has 0 aliphatic carbocycles. The number of aromatic nitrogens is 2. The second-order valence-corrected chi connectivity index (χ2v) is 4.17. The molecule has 0 spiro atoms. The maximum Gasteiger partial charge on any atom is 0.267 e. The van der Waals surface area contributed by atoms with Crippen molar-refractivity contribution in [2.75, 3.05) is 20.0 Å². The summed E-state index contributed by atoms with van der Waals surface area (Å²) in [5, 5.41) is 4.21. The van der Waals surface area contributed by atoms with Crippen LogP contribution in [-0.2, 0) is 7.05 Å². The minimum absolute atomic E-state index is 0.0834. The van der Waals surface area contributed by atoms with Crippen molar-refractivity contribution >= 4 is 5.82 Å². The van der Waals surface area contributed by atoms with Crippen LogP contribution in [0.3, 0.4) is 0 Å². The third-order valence-electron chi connectivity index (χ3n) is 2.98. The zero-order valence-corrected chi connectivity index (χ0v) is 11.4. The summed E-state index contributed by atoms with van der Waals surface area (Å²) in [6.45, 7) is 0. The highest BCUT2D eigenvalue weighted by molar-refractivity contribution is 5.72. The molecule has 5 nitrogen and oxygen atoms in total. The molecule has 0 radical (unpaired) electrons. The number of methoxy groups -OCH3 is 2. The molecule has 0 aliphatic heterocycles. The number of rotatable bonds is 4. The minimum atomic E-state index is -2.65. The number of alkyl halides is 2. The molecule has 1 heterocycles. The molecule has 2 N–H and O–H groups in total. The molecule has 0 fully saturated rings. The van der Waals surface area contributed by atoms with Gasteiger partial charge in [-0.2, -0.15) is 5.10 Å². The van der Waals surface area contributed by atoms with Gasteiger partial charge in [-0.25, -0.2) is 8.78 Å². The molecule has 0 amide bonds. The predicted molar refractivity (Wildman–Crippen MR) is 71.1 cm³/mol. The number of hydrogen-bond donors (Lipinski definition) is 1. The molecule has 0 atom stereocenters. The Morgan fingerprint density at radius 1 is 1.15 bits per heavy atom. The second kappa shape index (κ2) is 5.36. The van der Waals surface area contributed by atoms with Gasteiger partial charge < -0.3 is 15.2 Å². The van der Waals surface area contributed by atoms with E-state index in [1.807, 2.05) is 0 Å². The molecule has 20 heavy (non-hydrogen) atoms. The van der Waals surface area contributed by atoms with Crippen molar-refractivity contribution in [3.05, 3.63) is 23.8 Å². The Hall–Kier alpha value is -2.31. The van der Waals surface area contributed by atoms with Crippen LogP contribution < -0.4 is 15.2 Å². The fraction of sp³-hybridized carbons (Fsp3) is 0.308. The highest BCUT2D eigenvalue weighted by Gasteiger charge is 2.20. The lowest BCUT2D eigenvalue weighted by Crippen LogP contribution is -1.98. The Morgan fingerprint density at radius 2 is 1.80 bits per heavy atom. The lowest BCUT2D eigenvalue weighted by molar-refractivity contribution is 0.146. The fourth-order valence-corrected chi connectivity index (χ4v) is 1.91. The van der Waals surface area contributed by atoms with E-state index < -0.39 is 6.43 Å². The van der Waals surface area contributed by atoms with Gasteiger partial charge in [-0.15, -0.1) is 0 Å². The lowest BCUT2D eigenvalue weighted by atomic mass is 10.1. The highest BCUT2D eigenvalue weighted by Crippen LogP contribution is 2.39. The molecule has 1 aromatic heterocycles. The lowest BCUT2D eigenvalue weighted by Gasteiger charge is -2.13. The third-order valence-corrected chi connectivity index (χ3v) is 2.98. The van der Waals surface area contributed by atoms with Gasteiger partial charge in [0.25, 0.3) is 6.43 Å². The van der Waals surface area contributed by atoms with Crippen LogP contribution in [0.2, 0.25) is 0 Å². The summed E-state index contributed by atoms with van der Waals surface area (Å²) in [6.07, 6.45) is -2.65. The van der Waals surface area contributed by atoms with Gasteiger partial charge in [0.15, 0.2) is 0 Å². The van der Waals surface area contributed by atoms with Gasteiger partial charge in [0, 0.05) is 18.7 Å². The number of anilines is 1. The Balaban J connectivity index is 2.63. The molecule has 2 rings (SSSR count). The zero-order chi connectivity index (χ0) is 14.9. The summed E-state index contributed by atoms with van der Waals surface area (Å²) in [6, 6.07) is 4.37. The van der Waals surface area contributed by atoms with Crippen LogP contribution in [0.1, 0.15) is 12.0 Å². The number of nitrogens with two attached hydrogens (primary N) is 1. The maximum atomic E-state index is 13.0. The van der Waals surface area contributed by atoms with Crippen LogP contribution in [-0.4, -0.2) is 24.0 Å². The summed E-state index contributed by atoms with van der Waals surface area (Å²) < 4.78 is 37.6. The Kier molecular flexibility index (Phi) is 3.78. The van der Waals surface area contributed by atoms with Crippen LogP contribution in [0, 0.1) is 0 Å². The van der Waals surface area contributed by atoms with Crippen LogP contribution >= 0.6 is 0 Å².